The second-order valence-electron chi connectivity index (χ2n) is 3.68. The third kappa shape index (κ3) is 3.04. The maximum atomic E-state index is 13.6. The number of carbonyl (C=O) groups is 1. The van der Waals surface area contributed by atoms with Gasteiger partial charge in [-0.1, -0.05) is 19.4 Å². The molecule has 0 aromatic heterocycles. The highest BCUT2D eigenvalue weighted by molar-refractivity contribution is 9.10. The Morgan fingerprint density at radius 1 is 1.50 bits per heavy atom. The Balaban J connectivity index is 2.84. The fourth-order valence-electron chi connectivity index (χ4n) is 1.37. The van der Waals surface area contributed by atoms with Crippen molar-refractivity contribution in [2.75, 3.05) is 13.6 Å². The maximum absolute atomic E-state index is 13.6. The van der Waals surface area contributed by atoms with Crippen LogP contribution < -0.4 is 0 Å². The fourth-order valence-corrected chi connectivity index (χ4v) is 1.74. The maximum Gasteiger partial charge on any atom is 0.256 e. The number of nitrogens with zero attached hydrogens (tertiary/aromatic N) is 1. The number of carbonyl (C=O) groups excluding carboxylic acids is 1. The largest absolute Gasteiger partial charge is 0.342 e. The summed E-state index contributed by atoms with van der Waals surface area (Å²) in [6, 6.07) is 4.75. The highest BCUT2D eigenvalue weighted by Gasteiger charge is 2.16. The summed E-state index contributed by atoms with van der Waals surface area (Å²) in [6.07, 6.45) is 1.94. The molecule has 0 heterocycles. The lowest BCUT2D eigenvalue weighted by Crippen LogP contribution is -2.28. The second kappa shape index (κ2) is 5.99. The van der Waals surface area contributed by atoms with E-state index < -0.39 is 5.82 Å². The zero-order chi connectivity index (χ0) is 12.1. The predicted octanol–water partition coefficient (Wildman–Crippen LogP) is 3.46. The molecule has 0 aliphatic heterocycles. The second-order valence-corrected chi connectivity index (χ2v) is 4.54. The minimum Gasteiger partial charge on any atom is -0.342 e. The van der Waals surface area contributed by atoms with Crippen LogP contribution in [-0.2, 0) is 0 Å². The van der Waals surface area contributed by atoms with Crippen LogP contribution in [0.5, 0.6) is 0 Å². The standard InChI is InChI=1S/C12H15BrFNO/c1-3-4-8-15(2)12(16)9-6-5-7-10(13)11(9)14/h5-7H,3-4,8H2,1-2H3. The summed E-state index contributed by atoms with van der Waals surface area (Å²) in [5.74, 6) is -0.761. The van der Waals surface area contributed by atoms with Crippen LogP contribution in [0.3, 0.4) is 0 Å². The molecule has 1 rings (SSSR count). The van der Waals surface area contributed by atoms with Gasteiger partial charge in [-0.15, -0.1) is 0 Å². The lowest BCUT2D eigenvalue weighted by Gasteiger charge is -2.17. The van der Waals surface area contributed by atoms with Crippen molar-refractivity contribution in [2.45, 2.75) is 19.8 Å². The average Bonchev–Trinajstić information content (AvgIpc) is 2.28. The van der Waals surface area contributed by atoms with Crippen LogP contribution in [0, 0.1) is 5.82 Å². The third-order valence-electron chi connectivity index (χ3n) is 2.38. The molecule has 0 spiro atoms. The van der Waals surface area contributed by atoms with E-state index in [1.54, 1.807) is 24.1 Å². The molecule has 2 nitrogen and oxygen atoms in total. The van der Waals surface area contributed by atoms with Crippen LogP contribution >= 0.6 is 15.9 Å². The zero-order valence-electron chi connectivity index (χ0n) is 9.46. The van der Waals surface area contributed by atoms with Gasteiger partial charge >= 0.3 is 0 Å². The first-order valence-corrected chi connectivity index (χ1v) is 6.06. The van der Waals surface area contributed by atoms with E-state index >= 15 is 0 Å². The van der Waals surface area contributed by atoms with E-state index in [2.05, 4.69) is 22.9 Å². The fraction of sp³-hybridized carbons (Fsp3) is 0.417. The van der Waals surface area contributed by atoms with Gasteiger partial charge in [0, 0.05) is 13.6 Å². The van der Waals surface area contributed by atoms with Gasteiger partial charge < -0.3 is 4.90 Å². The van der Waals surface area contributed by atoms with E-state index in [1.807, 2.05) is 0 Å². The summed E-state index contributed by atoms with van der Waals surface area (Å²) in [7, 11) is 1.69. The molecular formula is C12H15BrFNO. The first kappa shape index (κ1) is 13.2. The Bertz CT molecular complexity index is 381. The monoisotopic (exact) mass is 287 g/mol. The summed E-state index contributed by atoms with van der Waals surface area (Å²) in [4.78, 5) is 13.4. The number of benzene rings is 1. The van der Waals surface area contributed by atoms with Gasteiger partial charge in [0.1, 0.15) is 5.82 Å². The van der Waals surface area contributed by atoms with Gasteiger partial charge in [0.15, 0.2) is 0 Å². The normalized spacial score (nSPS) is 10.2. The summed E-state index contributed by atoms with van der Waals surface area (Å²) in [5, 5.41) is 0. The molecule has 4 heteroatoms. The zero-order valence-corrected chi connectivity index (χ0v) is 11.1. The van der Waals surface area contributed by atoms with E-state index in [0.717, 1.165) is 12.8 Å². The van der Waals surface area contributed by atoms with Crippen molar-refractivity contribution in [3.8, 4) is 0 Å². The number of rotatable bonds is 4. The SMILES string of the molecule is CCCCN(C)C(=O)c1cccc(Br)c1F. The summed E-state index contributed by atoms with van der Waals surface area (Å²) >= 11 is 3.07. The van der Waals surface area contributed by atoms with Gasteiger partial charge in [0.05, 0.1) is 10.0 Å². The summed E-state index contributed by atoms with van der Waals surface area (Å²) < 4.78 is 14.0. The number of unbranched alkanes of at least 4 members (excludes halogenated alkanes) is 1. The molecule has 0 atom stereocenters. The van der Waals surface area contributed by atoms with Gasteiger partial charge in [-0.3, -0.25) is 4.79 Å². The Labute approximate surface area is 104 Å². The number of amides is 1. The Morgan fingerprint density at radius 2 is 2.19 bits per heavy atom. The molecule has 0 saturated carbocycles. The highest BCUT2D eigenvalue weighted by Crippen LogP contribution is 2.19. The minimum absolute atomic E-state index is 0.118. The molecule has 0 aliphatic carbocycles. The van der Waals surface area contributed by atoms with Gasteiger partial charge in [0.25, 0.3) is 5.91 Å². The van der Waals surface area contributed by atoms with Crippen LogP contribution in [0.15, 0.2) is 22.7 Å². The number of hydrogen-bond acceptors (Lipinski definition) is 1. The lowest BCUT2D eigenvalue weighted by atomic mass is 10.2. The van der Waals surface area contributed by atoms with Crippen molar-refractivity contribution in [1.82, 2.24) is 4.90 Å². The molecule has 1 amide bonds. The van der Waals surface area contributed by atoms with Crippen molar-refractivity contribution < 1.29 is 9.18 Å². The smallest absolute Gasteiger partial charge is 0.256 e. The molecule has 0 unspecified atom stereocenters. The van der Waals surface area contributed by atoms with E-state index in [9.17, 15) is 9.18 Å². The van der Waals surface area contributed by atoms with E-state index in [4.69, 9.17) is 0 Å². The van der Waals surface area contributed by atoms with Gasteiger partial charge in [-0.25, -0.2) is 4.39 Å². The van der Waals surface area contributed by atoms with Crippen LogP contribution in [0.25, 0.3) is 0 Å². The van der Waals surface area contributed by atoms with E-state index in [-0.39, 0.29) is 11.5 Å². The third-order valence-corrected chi connectivity index (χ3v) is 2.99. The molecule has 0 saturated heterocycles. The molecule has 0 fully saturated rings. The van der Waals surface area contributed by atoms with Crippen LogP contribution in [0.2, 0.25) is 0 Å². The van der Waals surface area contributed by atoms with Gasteiger partial charge in [0.2, 0.25) is 0 Å². The average molecular weight is 288 g/mol. The Hall–Kier alpha value is -0.900. The molecule has 0 radical (unpaired) electrons. The first-order chi connectivity index (χ1) is 7.57. The van der Waals surface area contributed by atoms with Crippen LogP contribution in [-0.4, -0.2) is 24.4 Å². The lowest BCUT2D eigenvalue weighted by molar-refractivity contribution is 0.0788. The Kier molecular flexibility index (Phi) is 4.93. The van der Waals surface area contributed by atoms with Crippen LogP contribution in [0.4, 0.5) is 4.39 Å². The van der Waals surface area contributed by atoms with Crippen molar-refractivity contribution in [1.29, 1.82) is 0 Å². The molecule has 0 N–H and O–H groups in total. The molecule has 1 aromatic rings. The minimum atomic E-state index is -0.490. The number of hydrogen-bond donors (Lipinski definition) is 0. The molecule has 0 aliphatic rings. The Morgan fingerprint density at radius 3 is 2.81 bits per heavy atom. The molecule has 1 aromatic carbocycles. The van der Waals surface area contributed by atoms with E-state index in [0.29, 0.717) is 11.0 Å². The van der Waals surface area contributed by atoms with Crippen molar-refractivity contribution in [2.24, 2.45) is 0 Å². The van der Waals surface area contributed by atoms with Crippen molar-refractivity contribution in [3.63, 3.8) is 0 Å². The van der Waals surface area contributed by atoms with E-state index in [1.165, 1.54) is 6.07 Å². The predicted molar refractivity (Wildman–Crippen MR) is 66.0 cm³/mol. The molecule has 0 bridgehead atoms. The number of halogens is 2. The van der Waals surface area contributed by atoms with Gasteiger partial charge in [-0.2, -0.15) is 0 Å². The quantitative estimate of drug-likeness (QED) is 0.831. The topological polar surface area (TPSA) is 20.3 Å². The van der Waals surface area contributed by atoms with Crippen LogP contribution in [0.1, 0.15) is 30.1 Å². The van der Waals surface area contributed by atoms with Crippen molar-refractivity contribution in [3.05, 3.63) is 34.1 Å². The molecular weight excluding hydrogens is 273 g/mol. The highest BCUT2D eigenvalue weighted by atomic mass is 79.9. The summed E-state index contributed by atoms with van der Waals surface area (Å²) in [6.45, 7) is 2.71. The van der Waals surface area contributed by atoms with Crippen molar-refractivity contribution >= 4 is 21.8 Å². The molecule has 88 valence electrons. The summed E-state index contributed by atoms with van der Waals surface area (Å²) in [5.41, 5.74) is 0.118. The first-order valence-electron chi connectivity index (χ1n) is 5.27. The molecule has 16 heavy (non-hydrogen) atoms. The van der Waals surface area contributed by atoms with Gasteiger partial charge in [-0.05, 0) is 34.5 Å².